The van der Waals surface area contributed by atoms with Gasteiger partial charge in [-0.05, 0) is 51.5 Å². The van der Waals surface area contributed by atoms with Crippen molar-refractivity contribution in [2.45, 2.75) is 58.0 Å². The van der Waals surface area contributed by atoms with Gasteiger partial charge in [0.1, 0.15) is 5.60 Å². The van der Waals surface area contributed by atoms with Gasteiger partial charge in [-0.25, -0.2) is 0 Å². The molecule has 3 aliphatic carbocycles. The highest BCUT2D eigenvalue weighted by Gasteiger charge is 2.70. The maximum atomic E-state index is 12.5. The van der Waals surface area contributed by atoms with Gasteiger partial charge in [-0.2, -0.15) is 0 Å². The van der Waals surface area contributed by atoms with E-state index >= 15 is 0 Å². The van der Waals surface area contributed by atoms with Gasteiger partial charge in [0.05, 0.1) is 0 Å². The second kappa shape index (κ2) is 4.54. The van der Waals surface area contributed by atoms with E-state index in [4.69, 9.17) is 0 Å². The molecule has 2 fully saturated rings. The largest absolute Gasteiger partial charge is 0.381 e. The molecule has 0 amide bonds. The van der Waals surface area contributed by atoms with Crippen molar-refractivity contribution in [3.8, 4) is 0 Å². The van der Waals surface area contributed by atoms with E-state index in [1.54, 1.807) is 6.08 Å². The second-order valence-electron chi connectivity index (χ2n) is 7.05. The number of carbonyl (C=O) groups excluding carboxylic acids is 1. The molecule has 2 saturated carbocycles. The number of ketones is 1. The van der Waals surface area contributed by atoms with Gasteiger partial charge in [-0.1, -0.05) is 40.1 Å². The van der Waals surface area contributed by atoms with Crippen LogP contribution in [-0.2, 0) is 4.79 Å². The Kier molecular flexibility index (Phi) is 3.30. The number of halogens is 1. The molecule has 3 aliphatic rings. The molecule has 2 bridgehead atoms. The summed E-state index contributed by atoms with van der Waals surface area (Å²) in [6.07, 6.45) is 9.72. The van der Waals surface area contributed by atoms with E-state index in [0.29, 0.717) is 6.42 Å². The predicted molar refractivity (Wildman–Crippen MR) is 83.8 cm³/mol. The molecule has 0 aromatic carbocycles. The smallest absolute Gasteiger partial charge is 0.187 e. The quantitative estimate of drug-likeness (QED) is 0.625. The van der Waals surface area contributed by atoms with E-state index in [1.807, 2.05) is 0 Å². The van der Waals surface area contributed by atoms with E-state index in [2.05, 4.69) is 35.9 Å². The fourth-order valence-electron chi connectivity index (χ4n) is 4.92. The number of hydrogen-bond donors (Lipinski definition) is 1. The Morgan fingerprint density at radius 1 is 1.45 bits per heavy atom. The van der Waals surface area contributed by atoms with Gasteiger partial charge in [0, 0.05) is 16.2 Å². The summed E-state index contributed by atoms with van der Waals surface area (Å²) in [5.74, 6) is -0.0464. The van der Waals surface area contributed by atoms with Crippen molar-refractivity contribution in [2.24, 2.45) is 10.8 Å². The fourth-order valence-corrected chi connectivity index (χ4v) is 5.15. The molecule has 3 atom stereocenters. The molecule has 0 saturated heterocycles. The topological polar surface area (TPSA) is 37.3 Å². The number of aliphatic hydroxyl groups is 1. The van der Waals surface area contributed by atoms with Crippen molar-refractivity contribution in [3.63, 3.8) is 0 Å². The van der Waals surface area contributed by atoms with E-state index in [9.17, 15) is 9.90 Å². The molecule has 0 aromatic rings. The van der Waals surface area contributed by atoms with Crippen molar-refractivity contribution in [1.82, 2.24) is 0 Å². The maximum Gasteiger partial charge on any atom is 0.187 e. The molecule has 0 aliphatic heterocycles. The highest BCUT2D eigenvalue weighted by molar-refractivity contribution is 9.09. The minimum absolute atomic E-state index is 0.0464. The van der Waals surface area contributed by atoms with E-state index in [-0.39, 0.29) is 16.6 Å². The third-order valence-electron chi connectivity index (χ3n) is 6.33. The van der Waals surface area contributed by atoms with Crippen molar-refractivity contribution < 1.29 is 9.90 Å². The lowest BCUT2D eigenvalue weighted by atomic mass is 9.54. The third kappa shape index (κ3) is 1.57. The Labute approximate surface area is 129 Å². The van der Waals surface area contributed by atoms with Crippen molar-refractivity contribution >= 4 is 21.7 Å². The number of allylic oxidation sites excluding steroid dienone is 3. The van der Waals surface area contributed by atoms with Crippen LogP contribution in [0.3, 0.4) is 0 Å². The molecule has 110 valence electrons. The first-order valence-electron chi connectivity index (χ1n) is 7.59. The van der Waals surface area contributed by atoms with Crippen LogP contribution < -0.4 is 0 Å². The molecule has 0 aromatic heterocycles. The average Bonchev–Trinajstić information content (AvgIpc) is 2.91. The highest BCUT2D eigenvalue weighted by atomic mass is 79.9. The van der Waals surface area contributed by atoms with Crippen LogP contribution in [0.15, 0.2) is 23.3 Å². The number of carbonyl (C=O) groups is 1. The van der Waals surface area contributed by atoms with Crippen LogP contribution in [0.1, 0.15) is 52.4 Å². The summed E-state index contributed by atoms with van der Waals surface area (Å²) in [7, 11) is 0. The summed E-state index contributed by atoms with van der Waals surface area (Å²) in [5, 5.41) is 12.0. The van der Waals surface area contributed by atoms with Crippen LogP contribution in [0.2, 0.25) is 0 Å². The minimum Gasteiger partial charge on any atom is -0.381 e. The normalized spacial score (nSPS) is 43.7. The Morgan fingerprint density at radius 3 is 2.90 bits per heavy atom. The van der Waals surface area contributed by atoms with E-state index in [0.717, 1.165) is 37.4 Å². The minimum atomic E-state index is -1.15. The van der Waals surface area contributed by atoms with Gasteiger partial charge in [-0.15, -0.1) is 0 Å². The Hall–Kier alpha value is -0.410. The highest BCUT2D eigenvalue weighted by Crippen LogP contribution is 2.70. The van der Waals surface area contributed by atoms with E-state index < -0.39 is 5.60 Å². The number of rotatable bonds is 3. The SMILES string of the molecule is C/C(=C\C[C@]1(C)[C@]23CCCC2=CC(=O)[C@@]1(O)CC3)CBr. The molecule has 3 rings (SSSR count). The summed E-state index contributed by atoms with van der Waals surface area (Å²) in [6.45, 7) is 4.24. The molecule has 1 N–H and O–H groups in total. The van der Waals surface area contributed by atoms with Crippen LogP contribution in [0.5, 0.6) is 0 Å². The Bertz CT molecular complexity index is 521. The number of alkyl halides is 1. The standard InChI is InChI=1S/C17H23BrO2/c1-12(11-18)5-7-15(2)16-6-3-4-13(16)10-14(19)17(15,20)9-8-16/h5,10,20H,3-4,6-9,11H2,1-2H3/b12-5+/t15-,16+,17+/m1/s1. The zero-order valence-corrected chi connectivity index (χ0v) is 13.9. The molecule has 0 unspecified atom stereocenters. The first-order valence-corrected chi connectivity index (χ1v) is 8.71. The molecule has 20 heavy (non-hydrogen) atoms. The van der Waals surface area contributed by atoms with Gasteiger partial charge < -0.3 is 5.11 Å². The zero-order chi connectivity index (χ0) is 14.6. The summed E-state index contributed by atoms with van der Waals surface area (Å²) in [5.41, 5.74) is 1.17. The van der Waals surface area contributed by atoms with Crippen molar-refractivity contribution in [3.05, 3.63) is 23.3 Å². The fraction of sp³-hybridized carbons (Fsp3) is 0.706. The summed E-state index contributed by atoms with van der Waals surface area (Å²) < 4.78 is 0. The lowest BCUT2D eigenvalue weighted by Gasteiger charge is -2.51. The average molecular weight is 339 g/mol. The Balaban J connectivity index is 2.09. The monoisotopic (exact) mass is 338 g/mol. The van der Waals surface area contributed by atoms with Crippen LogP contribution in [0, 0.1) is 10.8 Å². The van der Waals surface area contributed by atoms with Crippen LogP contribution in [0.4, 0.5) is 0 Å². The van der Waals surface area contributed by atoms with Crippen LogP contribution in [0.25, 0.3) is 0 Å². The Morgan fingerprint density at radius 2 is 2.20 bits per heavy atom. The maximum absolute atomic E-state index is 12.5. The molecule has 0 heterocycles. The van der Waals surface area contributed by atoms with Crippen molar-refractivity contribution in [2.75, 3.05) is 5.33 Å². The van der Waals surface area contributed by atoms with Gasteiger partial charge in [0.25, 0.3) is 0 Å². The molecular formula is C17H23BrO2. The van der Waals surface area contributed by atoms with Crippen LogP contribution >= 0.6 is 15.9 Å². The summed E-state index contributed by atoms with van der Waals surface area (Å²) in [6, 6.07) is 0. The van der Waals surface area contributed by atoms with Crippen molar-refractivity contribution in [1.29, 1.82) is 0 Å². The third-order valence-corrected chi connectivity index (χ3v) is 7.21. The van der Waals surface area contributed by atoms with E-state index in [1.165, 1.54) is 11.1 Å². The lowest BCUT2D eigenvalue weighted by Crippen LogP contribution is -2.56. The molecule has 0 radical (unpaired) electrons. The van der Waals surface area contributed by atoms with Crippen LogP contribution in [-0.4, -0.2) is 21.8 Å². The number of hydrogen-bond acceptors (Lipinski definition) is 2. The predicted octanol–water partition coefficient (Wildman–Crippen LogP) is 3.93. The molecule has 1 spiro atoms. The summed E-state index contributed by atoms with van der Waals surface area (Å²) in [4.78, 5) is 12.5. The zero-order valence-electron chi connectivity index (χ0n) is 12.3. The van der Waals surface area contributed by atoms with Gasteiger partial charge >= 0.3 is 0 Å². The first-order chi connectivity index (χ1) is 9.39. The number of fused-ring (bicyclic) bond motifs is 1. The summed E-state index contributed by atoms with van der Waals surface area (Å²) >= 11 is 3.47. The van der Waals surface area contributed by atoms with Gasteiger partial charge in [0.2, 0.25) is 0 Å². The first kappa shape index (κ1) is 14.5. The van der Waals surface area contributed by atoms with Gasteiger partial charge in [-0.3, -0.25) is 4.79 Å². The lowest BCUT2D eigenvalue weighted by molar-refractivity contribution is -0.151. The van der Waals surface area contributed by atoms with Gasteiger partial charge in [0.15, 0.2) is 5.78 Å². The molecule has 2 nitrogen and oxygen atoms in total. The second-order valence-corrected chi connectivity index (χ2v) is 7.61. The molecule has 3 heteroatoms. The molecular weight excluding hydrogens is 316 g/mol.